The number of nitrogens with zero attached hydrogens (tertiary/aromatic N) is 2. The maximum absolute atomic E-state index is 11.3. The van der Waals surface area contributed by atoms with Crippen LogP contribution in [0.15, 0.2) is 12.4 Å². The Morgan fingerprint density at radius 2 is 2.27 bits per heavy atom. The number of aromatic nitrogens is 2. The second-order valence-corrected chi connectivity index (χ2v) is 4.38. The molecule has 0 saturated carbocycles. The van der Waals surface area contributed by atoms with Gasteiger partial charge in [0.05, 0.1) is 6.20 Å². The van der Waals surface area contributed by atoms with E-state index in [0.717, 1.165) is 5.56 Å². The lowest BCUT2D eigenvalue weighted by molar-refractivity contribution is 0.0523. The van der Waals surface area contributed by atoms with Crippen LogP contribution in [-0.2, 0) is 18.3 Å². The molecule has 1 aromatic heterocycles. The van der Waals surface area contributed by atoms with Crippen LogP contribution in [0.25, 0.3) is 0 Å². The maximum Gasteiger partial charge on any atom is 0.407 e. The first-order valence-corrected chi connectivity index (χ1v) is 4.81. The molecule has 0 fully saturated rings. The molecule has 1 aromatic rings. The third-order valence-electron chi connectivity index (χ3n) is 1.59. The van der Waals surface area contributed by atoms with Crippen molar-refractivity contribution in [3.8, 4) is 0 Å². The predicted molar refractivity (Wildman–Crippen MR) is 56.3 cm³/mol. The first kappa shape index (κ1) is 11.6. The van der Waals surface area contributed by atoms with Crippen LogP contribution >= 0.6 is 0 Å². The predicted octanol–water partition coefficient (Wildman–Crippen LogP) is 1.44. The molecule has 5 nitrogen and oxygen atoms in total. The molecule has 5 heteroatoms. The number of ether oxygens (including phenoxy) is 1. The maximum atomic E-state index is 11.3. The van der Waals surface area contributed by atoms with Gasteiger partial charge in [-0.3, -0.25) is 4.68 Å². The van der Waals surface area contributed by atoms with Crippen LogP contribution in [0.1, 0.15) is 26.3 Å². The van der Waals surface area contributed by atoms with Gasteiger partial charge in [0.15, 0.2) is 0 Å². The van der Waals surface area contributed by atoms with E-state index in [9.17, 15) is 4.79 Å². The average Bonchev–Trinajstić information content (AvgIpc) is 2.45. The number of hydrogen-bond acceptors (Lipinski definition) is 3. The summed E-state index contributed by atoms with van der Waals surface area (Å²) in [6, 6.07) is 0. The molecule has 0 aliphatic carbocycles. The van der Waals surface area contributed by atoms with E-state index >= 15 is 0 Å². The molecule has 1 rings (SSSR count). The minimum atomic E-state index is -0.459. The summed E-state index contributed by atoms with van der Waals surface area (Å²) < 4.78 is 6.78. The minimum Gasteiger partial charge on any atom is -0.444 e. The highest BCUT2D eigenvalue weighted by Crippen LogP contribution is 2.06. The number of alkyl carbamates (subject to hydrolysis) is 1. The molecule has 0 bridgehead atoms. The lowest BCUT2D eigenvalue weighted by atomic mass is 10.2. The van der Waals surface area contributed by atoms with E-state index in [0.29, 0.717) is 6.54 Å². The zero-order valence-electron chi connectivity index (χ0n) is 9.57. The van der Waals surface area contributed by atoms with Crippen LogP contribution in [0.5, 0.6) is 0 Å². The Morgan fingerprint density at radius 1 is 1.60 bits per heavy atom. The van der Waals surface area contributed by atoms with E-state index in [1.807, 2.05) is 34.0 Å². The van der Waals surface area contributed by atoms with Crippen molar-refractivity contribution in [2.75, 3.05) is 0 Å². The summed E-state index contributed by atoms with van der Waals surface area (Å²) in [7, 11) is 1.83. The molecule has 0 radical (unpaired) electrons. The van der Waals surface area contributed by atoms with Crippen LogP contribution < -0.4 is 5.32 Å². The number of hydrogen-bond donors (Lipinski definition) is 1. The Labute approximate surface area is 89.4 Å². The Hall–Kier alpha value is -1.52. The molecular weight excluding hydrogens is 194 g/mol. The molecule has 0 spiro atoms. The van der Waals surface area contributed by atoms with Gasteiger partial charge in [0.2, 0.25) is 0 Å². The van der Waals surface area contributed by atoms with Gasteiger partial charge in [0.1, 0.15) is 5.60 Å². The van der Waals surface area contributed by atoms with Crippen molar-refractivity contribution >= 4 is 6.09 Å². The Morgan fingerprint density at radius 3 is 2.73 bits per heavy atom. The minimum absolute atomic E-state index is 0.411. The van der Waals surface area contributed by atoms with Crippen molar-refractivity contribution in [1.82, 2.24) is 15.1 Å². The van der Waals surface area contributed by atoms with Gasteiger partial charge in [0.25, 0.3) is 0 Å². The zero-order valence-corrected chi connectivity index (χ0v) is 9.57. The number of carbonyl (C=O) groups is 1. The van der Waals surface area contributed by atoms with Crippen molar-refractivity contribution in [2.45, 2.75) is 32.9 Å². The Balaban J connectivity index is 2.35. The monoisotopic (exact) mass is 211 g/mol. The fourth-order valence-corrected chi connectivity index (χ4v) is 1.05. The molecule has 0 aromatic carbocycles. The topological polar surface area (TPSA) is 56.2 Å². The molecule has 0 saturated heterocycles. The molecule has 1 heterocycles. The van der Waals surface area contributed by atoms with Crippen LogP contribution in [0.3, 0.4) is 0 Å². The lowest BCUT2D eigenvalue weighted by Gasteiger charge is -2.19. The third-order valence-corrected chi connectivity index (χ3v) is 1.59. The molecule has 0 aliphatic heterocycles. The fourth-order valence-electron chi connectivity index (χ4n) is 1.05. The van der Waals surface area contributed by atoms with E-state index in [-0.39, 0.29) is 0 Å². The van der Waals surface area contributed by atoms with Crippen molar-refractivity contribution in [2.24, 2.45) is 7.05 Å². The Kier molecular flexibility index (Phi) is 3.34. The van der Waals surface area contributed by atoms with Crippen molar-refractivity contribution in [3.63, 3.8) is 0 Å². The molecule has 1 N–H and O–H groups in total. The summed E-state index contributed by atoms with van der Waals surface area (Å²) in [5, 5.41) is 6.65. The number of nitrogens with one attached hydrogen (secondary N) is 1. The number of aryl methyl sites for hydroxylation is 1. The highest BCUT2D eigenvalue weighted by Gasteiger charge is 2.15. The van der Waals surface area contributed by atoms with Gasteiger partial charge < -0.3 is 10.1 Å². The SMILES string of the molecule is Cn1cc(CNC(=O)OC(C)(C)C)cn1. The number of rotatable bonds is 2. The van der Waals surface area contributed by atoms with Gasteiger partial charge in [-0.15, -0.1) is 0 Å². The lowest BCUT2D eigenvalue weighted by Crippen LogP contribution is -2.32. The van der Waals surface area contributed by atoms with Crippen LogP contribution in [0, 0.1) is 0 Å². The quantitative estimate of drug-likeness (QED) is 0.805. The first-order chi connectivity index (χ1) is 6.87. The second kappa shape index (κ2) is 4.33. The molecule has 0 aliphatic rings. The third kappa shape index (κ3) is 4.49. The standard InChI is InChI=1S/C10H17N3O2/c1-10(2,3)15-9(14)11-5-8-6-12-13(4)7-8/h6-7H,5H2,1-4H3,(H,11,14). The normalized spacial score (nSPS) is 11.2. The highest BCUT2D eigenvalue weighted by molar-refractivity contribution is 5.67. The summed E-state index contributed by atoms with van der Waals surface area (Å²) in [6.45, 7) is 5.92. The molecule has 1 amide bonds. The number of amides is 1. The van der Waals surface area contributed by atoms with Gasteiger partial charge in [-0.25, -0.2) is 4.79 Å². The van der Waals surface area contributed by atoms with E-state index < -0.39 is 11.7 Å². The molecule has 84 valence electrons. The summed E-state index contributed by atoms with van der Waals surface area (Å²) in [5.74, 6) is 0. The summed E-state index contributed by atoms with van der Waals surface area (Å²) in [5.41, 5.74) is 0.488. The van der Waals surface area contributed by atoms with Crippen LogP contribution in [0.2, 0.25) is 0 Å². The van der Waals surface area contributed by atoms with Gasteiger partial charge in [-0.1, -0.05) is 0 Å². The van der Waals surface area contributed by atoms with Gasteiger partial charge in [-0.05, 0) is 20.8 Å². The van der Waals surface area contributed by atoms with Gasteiger partial charge in [0, 0.05) is 25.4 Å². The van der Waals surface area contributed by atoms with Crippen molar-refractivity contribution in [1.29, 1.82) is 0 Å². The van der Waals surface area contributed by atoms with E-state index in [4.69, 9.17) is 4.74 Å². The molecular formula is C10H17N3O2. The highest BCUT2D eigenvalue weighted by atomic mass is 16.6. The summed E-state index contributed by atoms with van der Waals surface area (Å²) >= 11 is 0. The average molecular weight is 211 g/mol. The summed E-state index contributed by atoms with van der Waals surface area (Å²) in [6.07, 6.45) is 3.14. The number of carbonyl (C=O) groups excluding carboxylic acids is 1. The smallest absolute Gasteiger partial charge is 0.407 e. The molecule has 0 atom stereocenters. The largest absolute Gasteiger partial charge is 0.444 e. The van der Waals surface area contributed by atoms with Crippen molar-refractivity contribution in [3.05, 3.63) is 18.0 Å². The Bertz CT molecular complexity index is 339. The van der Waals surface area contributed by atoms with E-state index in [1.54, 1.807) is 10.9 Å². The zero-order chi connectivity index (χ0) is 11.5. The first-order valence-electron chi connectivity index (χ1n) is 4.81. The fraction of sp³-hybridized carbons (Fsp3) is 0.600. The molecule has 0 unspecified atom stereocenters. The second-order valence-electron chi connectivity index (χ2n) is 4.38. The van der Waals surface area contributed by atoms with Crippen LogP contribution in [-0.4, -0.2) is 21.5 Å². The van der Waals surface area contributed by atoms with Crippen LogP contribution in [0.4, 0.5) is 4.79 Å². The van der Waals surface area contributed by atoms with Gasteiger partial charge >= 0.3 is 6.09 Å². The summed E-state index contributed by atoms with van der Waals surface area (Å²) in [4.78, 5) is 11.3. The van der Waals surface area contributed by atoms with Gasteiger partial charge in [-0.2, -0.15) is 5.10 Å². The van der Waals surface area contributed by atoms with Crippen molar-refractivity contribution < 1.29 is 9.53 Å². The van der Waals surface area contributed by atoms with E-state index in [1.165, 1.54) is 0 Å². The van der Waals surface area contributed by atoms with E-state index in [2.05, 4.69) is 10.4 Å². The molecule has 15 heavy (non-hydrogen) atoms.